The lowest BCUT2D eigenvalue weighted by molar-refractivity contribution is -0.126. The fourth-order valence-corrected chi connectivity index (χ4v) is 1.83. The van der Waals surface area contributed by atoms with Crippen molar-refractivity contribution in [1.29, 1.82) is 0 Å². The quantitative estimate of drug-likeness (QED) is 0.818. The highest BCUT2D eigenvalue weighted by molar-refractivity contribution is 5.96. The Balaban J connectivity index is 2.95. The van der Waals surface area contributed by atoms with Gasteiger partial charge in [0.25, 0.3) is 0 Å². The van der Waals surface area contributed by atoms with E-state index in [0.717, 1.165) is 4.90 Å². The van der Waals surface area contributed by atoms with Crippen molar-refractivity contribution in [2.24, 2.45) is 0 Å². The number of allylic oxidation sites excluding steroid dienone is 1. The number of methoxy groups -OCH3 is 1. The first-order valence-electron chi connectivity index (χ1n) is 6.52. The monoisotopic (exact) mass is 317 g/mol. The molecule has 0 bridgehead atoms. The smallest absolute Gasteiger partial charge is 0.389 e. The second kappa shape index (κ2) is 7.95. The second-order valence-electron chi connectivity index (χ2n) is 4.75. The molecule has 0 spiro atoms. The van der Waals surface area contributed by atoms with Crippen LogP contribution in [0.1, 0.15) is 5.56 Å². The molecule has 0 saturated heterocycles. The molecule has 1 aromatic rings. The minimum atomic E-state index is -4.65. The number of rotatable bonds is 6. The Morgan fingerprint density at radius 2 is 1.95 bits per heavy atom. The number of likely N-dealkylation sites (N-methyl/N-ethyl adjacent to an activating group) is 1. The number of ether oxygens (including phenoxy) is 1. The van der Waals surface area contributed by atoms with Crippen LogP contribution in [0.15, 0.2) is 36.4 Å². The molecule has 22 heavy (non-hydrogen) atoms. The summed E-state index contributed by atoms with van der Waals surface area (Å²) in [6.45, 7) is -0.130. The van der Waals surface area contributed by atoms with Gasteiger partial charge in [-0.25, -0.2) is 0 Å². The van der Waals surface area contributed by atoms with E-state index in [1.165, 1.54) is 38.4 Å². The number of halogens is 3. The molecular formula is C15H18F3NO3. The third kappa shape index (κ3) is 5.50. The van der Waals surface area contributed by atoms with E-state index in [1.807, 2.05) is 0 Å². The largest absolute Gasteiger partial charge is 0.417 e. The molecule has 1 aromatic carbocycles. The fourth-order valence-electron chi connectivity index (χ4n) is 1.83. The summed E-state index contributed by atoms with van der Waals surface area (Å²) in [5.41, 5.74) is -1.11. The third-order valence-electron chi connectivity index (χ3n) is 2.88. The van der Waals surface area contributed by atoms with Crippen LogP contribution in [-0.4, -0.2) is 55.5 Å². The van der Waals surface area contributed by atoms with Crippen LogP contribution in [0.5, 0.6) is 0 Å². The SMILES string of the molecule is COCC(O)CN(C)C(=O)/C=C(/c1ccccc1)C(F)(F)F. The average Bonchev–Trinajstić information content (AvgIpc) is 2.44. The molecule has 1 atom stereocenters. The summed E-state index contributed by atoms with van der Waals surface area (Å²) in [7, 11) is 2.69. The lowest BCUT2D eigenvalue weighted by atomic mass is 10.0. The van der Waals surface area contributed by atoms with Gasteiger partial charge in [0.1, 0.15) is 0 Å². The maximum atomic E-state index is 13.1. The van der Waals surface area contributed by atoms with Crippen molar-refractivity contribution >= 4 is 11.5 Å². The molecule has 0 aliphatic carbocycles. The average molecular weight is 317 g/mol. The molecule has 0 saturated carbocycles. The van der Waals surface area contributed by atoms with E-state index in [1.54, 1.807) is 6.07 Å². The number of hydrogen-bond acceptors (Lipinski definition) is 3. The minimum Gasteiger partial charge on any atom is -0.389 e. The number of hydrogen-bond donors (Lipinski definition) is 1. The molecule has 1 unspecified atom stereocenters. The zero-order chi connectivity index (χ0) is 16.8. The Hall–Kier alpha value is -1.86. The van der Waals surface area contributed by atoms with Crippen LogP contribution in [0, 0.1) is 0 Å². The summed E-state index contributed by atoms with van der Waals surface area (Å²) in [5, 5.41) is 9.52. The van der Waals surface area contributed by atoms with Crippen molar-refractivity contribution in [3.63, 3.8) is 0 Å². The van der Waals surface area contributed by atoms with Crippen LogP contribution in [-0.2, 0) is 9.53 Å². The van der Waals surface area contributed by atoms with Gasteiger partial charge < -0.3 is 14.7 Å². The summed E-state index contributed by atoms with van der Waals surface area (Å²) in [6.07, 6.45) is -5.07. The Kier molecular flexibility index (Phi) is 6.58. The van der Waals surface area contributed by atoms with Crippen molar-refractivity contribution in [2.45, 2.75) is 12.3 Å². The summed E-state index contributed by atoms with van der Waals surface area (Å²) in [4.78, 5) is 12.9. The van der Waals surface area contributed by atoms with Crippen LogP contribution >= 0.6 is 0 Å². The molecule has 4 nitrogen and oxygen atoms in total. The van der Waals surface area contributed by atoms with Gasteiger partial charge in [0, 0.05) is 26.8 Å². The number of benzene rings is 1. The summed E-state index contributed by atoms with van der Waals surface area (Å²) >= 11 is 0. The Bertz CT molecular complexity index is 515. The standard InChI is InChI=1S/C15H18F3NO3/c1-19(9-12(20)10-22-2)14(21)8-13(15(16,17)18)11-6-4-3-5-7-11/h3-8,12,20H,9-10H2,1-2H3/b13-8-. The van der Waals surface area contributed by atoms with Crippen molar-refractivity contribution in [3.8, 4) is 0 Å². The topological polar surface area (TPSA) is 49.8 Å². The van der Waals surface area contributed by atoms with E-state index >= 15 is 0 Å². The molecular weight excluding hydrogens is 299 g/mol. The van der Waals surface area contributed by atoms with Gasteiger partial charge in [0.05, 0.1) is 18.3 Å². The van der Waals surface area contributed by atoms with Gasteiger partial charge in [0.2, 0.25) is 5.91 Å². The van der Waals surface area contributed by atoms with Crippen LogP contribution < -0.4 is 0 Å². The summed E-state index contributed by atoms with van der Waals surface area (Å²) in [6, 6.07) is 7.09. The van der Waals surface area contributed by atoms with Crippen molar-refractivity contribution < 1.29 is 27.8 Å². The molecule has 122 valence electrons. The summed E-state index contributed by atoms with van der Waals surface area (Å²) < 4.78 is 44.0. The van der Waals surface area contributed by atoms with Crippen LogP contribution in [0.2, 0.25) is 0 Å². The van der Waals surface area contributed by atoms with Gasteiger partial charge in [-0.05, 0) is 5.56 Å². The van der Waals surface area contributed by atoms with Gasteiger partial charge in [-0.2, -0.15) is 13.2 Å². The van der Waals surface area contributed by atoms with E-state index in [2.05, 4.69) is 0 Å². The van der Waals surface area contributed by atoms with E-state index in [9.17, 15) is 23.1 Å². The lowest BCUT2D eigenvalue weighted by Crippen LogP contribution is -2.35. The maximum Gasteiger partial charge on any atom is 0.417 e. The molecule has 1 rings (SSSR count). The van der Waals surface area contributed by atoms with Crippen LogP contribution in [0.25, 0.3) is 5.57 Å². The molecule has 0 fully saturated rings. The van der Waals surface area contributed by atoms with E-state index in [-0.39, 0.29) is 18.7 Å². The predicted molar refractivity (Wildman–Crippen MR) is 76.0 cm³/mol. The molecule has 1 amide bonds. The Labute approximate surface area is 126 Å². The van der Waals surface area contributed by atoms with Gasteiger partial charge in [0.15, 0.2) is 0 Å². The first-order valence-corrected chi connectivity index (χ1v) is 6.52. The molecule has 0 aliphatic rings. The van der Waals surface area contributed by atoms with E-state index in [4.69, 9.17) is 4.74 Å². The number of aliphatic hydroxyl groups excluding tert-OH is 1. The molecule has 1 N–H and O–H groups in total. The Morgan fingerprint density at radius 3 is 2.45 bits per heavy atom. The van der Waals surface area contributed by atoms with E-state index in [0.29, 0.717) is 6.08 Å². The van der Waals surface area contributed by atoms with Gasteiger partial charge in [-0.15, -0.1) is 0 Å². The number of nitrogens with zero attached hydrogens (tertiary/aromatic N) is 1. The van der Waals surface area contributed by atoms with Gasteiger partial charge >= 0.3 is 6.18 Å². The normalized spacial score (nSPS) is 13.8. The molecule has 0 aliphatic heterocycles. The molecule has 7 heteroatoms. The zero-order valence-electron chi connectivity index (χ0n) is 12.3. The summed E-state index contributed by atoms with van der Waals surface area (Å²) in [5.74, 6) is -0.841. The fraction of sp³-hybridized carbons (Fsp3) is 0.400. The zero-order valence-corrected chi connectivity index (χ0v) is 12.3. The molecule has 0 aromatic heterocycles. The minimum absolute atomic E-state index is 0.00779. The second-order valence-corrected chi connectivity index (χ2v) is 4.75. The predicted octanol–water partition coefficient (Wildman–Crippen LogP) is 2.10. The van der Waals surface area contributed by atoms with Crippen molar-refractivity contribution in [3.05, 3.63) is 42.0 Å². The molecule has 0 radical (unpaired) electrons. The number of alkyl halides is 3. The van der Waals surface area contributed by atoms with Crippen molar-refractivity contribution in [2.75, 3.05) is 27.3 Å². The number of aliphatic hydroxyl groups is 1. The van der Waals surface area contributed by atoms with Crippen molar-refractivity contribution in [1.82, 2.24) is 4.90 Å². The third-order valence-corrected chi connectivity index (χ3v) is 2.88. The Morgan fingerprint density at radius 1 is 1.36 bits per heavy atom. The van der Waals surface area contributed by atoms with Gasteiger partial charge in [-0.1, -0.05) is 30.3 Å². The van der Waals surface area contributed by atoms with Crippen LogP contribution in [0.3, 0.4) is 0 Å². The molecule has 0 heterocycles. The number of carbonyl (C=O) groups is 1. The maximum absolute atomic E-state index is 13.1. The first kappa shape index (κ1) is 18.2. The number of amides is 1. The van der Waals surface area contributed by atoms with Crippen LogP contribution in [0.4, 0.5) is 13.2 Å². The number of carbonyl (C=O) groups excluding carboxylic acids is 1. The highest BCUT2D eigenvalue weighted by Gasteiger charge is 2.35. The highest BCUT2D eigenvalue weighted by Crippen LogP contribution is 2.33. The van der Waals surface area contributed by atoms with Gasteiger partial charge in [-0.3, -0.25) is 4.79 Å². The van der Waals surface area contributed by atoms with E-state index < -0.39 is 23.8 Å². The first-order chi connectivity index (χ1) is 10.3. The highest BCUT2D eigenvalue weighted by atomic mass is 19.4. The lowest BCUT2D eigenvalue weighted by Gasteiger charge is -2.20.